The molecule has 1 aliphatic rings. The molecule has 2 N–H and O–H groups in total. The summed E-state index contributed by atoms with van der Waals surface area (Å²) in [6, 6.07) is 5.10. The van der Waals surface area contributed by atoms with Gasteiger partial charge in [0.05, 0.1) is 18.8 Å². The Morgan fingerprint density at radius 3 is 3.05 bits per heavy atom. The van der Waals surface area contributed by atoms with Gasteiger partial charge in [0.15, 0.2) is 0 Å². The first kappa shape index (κ1) is 14.7. The Morgan fingerprint density at radius 1 is 1.38 bits per heavy atom. The summed E-state index contributed by atoms with van der Waals surface area (Å²) < 4.78 is 1.94. The van der Waals surface area contributed by atoms with E-state index in [-0.39, 0.29) is 6.61 Å². The van der Waals surface area contributed by atoms with Gasteiger partial charge < -0.3 is 10.4 Å². The first-order chi connectivity index (χ1) is 10.4. The molecule has 6 heteroatoms. The summed E-state index contributed by atoms with van der Waals surface area (Å²) in [5.74, 6) is 0. The van der Waals surface area contributed by atoms with Crippen LogP contribution in [0.25, 0.3) is 0 Å². The fourth-order valence-electron chi connectivity index (χ4n) is 3.05. The molecule has 2 aromatic heterocycles. The average molecular weight is 306 g/mol. The lowest BCUT2D eigenvalue weighted by molar-refractivity contribution is 0.244. The Kier molecular flexibility index (Phi) is 5.00. The Balaban J connectivity index is 1.58. The topological polar surface area (TPSA) is 63.0 Å². The van der Waals surface area contributed by atoms with Crippen molar-refractivity contribution < 1.29 is 5.11 Å². The van der Waals surface area contributed by atoms with Gasteiger partial charge in [-0.05, 0) is 30.7 Å². The van der Waals surface area contributed by atoms with Crippen molar-refractivity contribution in [3.8, 4) is 0 Å². The molecule has 1 fully saturated rings. The lowest BCUT2D eigenvalue weighted by Crippen LogP contribution is -2.41. The van der Waals surface area contributed by atoms with Gasteiger partial charge in [0, 0.05) is 17.5 Å². The predicted octanol–water partition coefficient (Wildman–Crippen LogP) is 2.15. The molecule has 0 aromatic carbocycles. The lowest BCUT2D eigenvalue weighted by atomic mass is 9.90. The van der Waals surface area contributed by atoms with Crippen molar-refractivity contribution in [1.29, 1.82) is 0 Å². The number of nitrogens with zero attached hydrogens (tertiary/aromatic N) is 3. The van der Waals surface area contributed by atoms with Crippen LogP contribution in [0.4, 0.5) is 0 Å². The van der Waals surface area contributed by atoms with Gasteiger partial charge in [0.1, 0.15) is 5.69 Å². The van der Waals surface area contributed by atoms with Gasteiger partial charge in [0.25, 0.3) is 0 Å². The Morgan fingerprint density at radius 2 is 2.29 bits per heavy atom. The maximum absolute atomic E-state index is 9.13. The van der Waals surface area contributed by atoms with E-state index in [1.165, 1.54) is 24.1 Å². The van der Waals surface area contributed by atoms with E-state index in [9.17, 15) is 0 Å². The summed E-state index contributed by atoms with van der Waals surface area (Å²) in [6.07, 6.45) is 7.79. The summed E-state index contributed by atoms with van der Waals surface area (Å²) in [7, 11) is 0. The minimum atomic E-state index is -0.0385. The van der Waals surface area contributed by atoms with Crippen LogP contribution in [-0.2, 0) is 13.0 Å². The van der Waals surface area contributed by atoms with Crippen LogP contribution in [0.2, 0.25) is 0 Å². The molecule has 1 saturated carbocycles. The number of rotatable bonds is 6. The third kappa shape index (κ3) is 3.70. The fraction of sp³-hybridized carbons (Fsp3) is 0.600. The van der Waals surface area contributed by atoms with Crippen LogP contribution >= 0.6 is 11.3 Å². The number of thiophene rings is 1. The van der Waals surface area contributed by atoms with Gasteiger partial charge in [-0.25, -0.2) is 4.68 Å². The standard InChI is InChI=1S/C15H22N4OS/c20-11-12-10-19(18-17-12)15-6-2-1-5-14(15)16-8-7-13-4-3-9-21-13/h3-4,9-10,14-16,20H,1-2,5-8,11H2/t14-,15+/m0/s1. The number of hydrogen-bond acceptors (Lipinski definition) is 5. The third-order valence-corrected chi connectivity index (χ3v) is 5.08. The first-order valence-electron chi connectivity index (χ1n) is 7.64. The Bertz CT molecular complexity index is 540. The molecule has 114 valence electrons. The zero-order valence-electron chi connectivity index (χ0n) is 12.1. The smallest absolute Gasteiger partial charge is 0.108 e. The summed E-state index contributed by atoms with van der Waals surface area (Å²) in [5.41, 5.74) is 0.651. The van der Waals surface area contributed by atoms with E-state index in [1.54, 1.807) is 0 Å². The van der Waals surface area contributed by atoms with E-state index in [4.69, 9.17) is 5.11 Å². The monoisotopic (exact) mass is 306 g/mol. The normalized spacial score (nSPS) is 22.5. The summed E-state index contributed by atoms with van der Waals surface area (Å²) in [6.45, 7) is 0.965. The van der Waals surface area contributed by atoms with Crippen LogP contribution in [0, 0.1) is 0 Å². The molecular formula is C15H22N4OS. The number of nitrogens with one attached hydrogen (secondary N) is 1. The predicted molar refractivity (Wildman–Crippen MR) is 83.3 cm³/mol. The number of aromatic nitrogens is 3. The second-order valence-electron chi connectivity index (χ2n) is 5.59. The SMILES string of the molecule is OCc1cn([C@@H]2CCCC[C@@H]2NCCc2cccs2)nn1. The Hall–Kier alpha value is -1.24. The maximum Gasteiger partial charge on any atom is 0.108 e. The highest BCUT2D eigenvalue weighted by atomic mass is 32.1. The summed E-state index contributed by atoms with van der Waals surface area (Å²) in [5, 5.41) is 23.1. The summed E-state index contributed by atoms with van der Waals surface area (Å²) >= 11 is 1.82. The minimum absolute atomic E-state index is 0.0385. The van der Waals surface area contributed by atoms with Crippen molar-refractivity contribution in [2.75, 3.05) is 6.54 Å². The molecule has 2 heterocycles. The molecule has 2 aromatic rings. The fourth-order valence-corrected chi connectivity index (χ4v) is 3.76. The quantitative estimate of drug-likeness (QED) is 0.858. The van der Waals surface area contributed by atoms with E-state index in [2.05, 4.69) is 33.1 Å². The highest BCUT2D eigenvalue weighted by Crippen LogP contribution is 2.28. The highest BCUT2D eigenvalue weighted by molar-refractivity contribution is 7.09. The molecule has 3 rings (SSSR count). The van der Waals surface area contributed by atoms with Crippen LogP contribution in [0.15, 0.2) is 23.7 Å². The molecule has 21 heavy (non-hydrogen) atoms. The number of hydrogen-bond donors (Lipinski definition) is 2. The molecule has 0 saturated heterocycles. The van der Waals surface area contributed by atoms with E-state index in [0.29, 0.717) is 17.8 Å². The van der Waals surface area contributed by atoms with E-state index < -0.39 is 0 Å². The minimum Gasteiger partial charge on any atom is -0.390 e. The van der Waals surface area contributed by atoms with Gasteiger partial charge in [-0.15, -0.1) is 16.4 Å². The molecule has 0 bridgehead atoms. The largest absolute Gasteiger partial charge is 0.390 e. The molecule has 0 spiro atoms. The zero-order valence-corrected chi connectivity index (χ0v) is 12.9. The van der Waals surface area contributed by atoms with Crippen LogP contribution < -0.4 is 5.32 Å². The zero-order chi connectivity index (χ0) is 14.5. The van der Waals surface area contributed by atoms with Crippen molar-refractivity contribution in [3.05, 3.63) is 34.3 Å². The van der Waals surface area contributed by atoms with Crippen molar-refractivity contribution in [3.63, 3.8) is 0 Å². The van der Waals surface area contributed by atoms with Gasteiger partial charge >= 0.3 is 0 Å². The molecule has 0 unspecified atom stereocenters. The second kappa shape index (κ2) is 7.15. The van der Waals surface area contributed by atoms with Crippen LogP contribution in [0.1, 0.15) is 42.3 Å². The van der Waals surface area contributed by atoms with Crippen LogP contribution in [0.3, 0.4) is 0 Å². The molecular weight excluding hydrogens is 284 g/mol. The highest BCUT2D eigenvalue weighted by Gasteiger charge is 2.27. The van der Waals surface area contributed by atoms with Gasteiger partial charge in [-0.2, -0.15) is 0 Å². The van der Waals surface area contributed by atoms with E-state index in [1.807, 2.05) is 22.2 Å². The first-order valence-corrected chi connectivity index (χ1v) is 8.52. The number of aliphatic hydroxyl groups excluding tert-OH is 1. The second-order valence-corrected chi connectivity index (χ2v) is 6.62. The van der Waals surface area contributed by atoms with Gasteiger partial charge in [-0.1, -0.05) is 24.1 Å². The van der Waals surface area contributed by atoms with Crippen LogP contribution in [-0.4, -0.2) is 32.7 Å². The maximum atomic E-state index is 9.13. The van der Waals surface area contributed by atoms with Crippen LogP contribution in [0.5, 0.6) is 0 Å². The number of aliphatic hydroxyl groups is 1. The molecule has 2 atom stereocenters. The Labute approximate surface area is 129 Å². The summed E-state index contributed by atoms with van der Waals surface area (Å²) in [4.78, 5) is 1.43. The third-order valence-electron chi connectivity index (χ3n) is 4.15. The molecule has 0 radical (unpaired) electrons. The van der Waals surface area contributed by atoms with Crippen molar-refractivity contribution in [2.24, 2.45) is 0 Å². The van der Waals surface area contributed by atoms with E-state index in [0.717, 1.165) is 19.4 Å². The average Bonchev–Trinajstić information content (AvgIpc) is 3.19. The van der Waals surface area contributed by atoms with Gasteiger partial charge in [0.2, 0.25) is 0 Å². The molecule has 0 amide bonds. The molecule has 1 aliphatic carbocycles. The molecule has 0 aliphatic heterocycles. The van der Waals surface area contributed by atoms with E-state index >= 15 is 0 Å². The van der Waals surface area contributed by atoms with Gasteiger partial charge in [-0.3, -0.25) is 0 Å². The van der Waals surface area contributed by atoms with Crippen molar-refractivity contribution >= 4 is 11.3 Å². The van der Waals surface area contributed by atoms with Crippen molar-refractivity contribution in [2.45, 2.75) is 50.8 Å². The molecule has 5 nitrogen and oxygen atoms in total. The lowest BCUT2D eigenvalue weighted by Gasteiger charge is -2.32. The van der Waals surface area contributed by atoms with Crippen molar-refractivity contribution in [1.82, 2.24) is 20.3 Å².